The minimum atomic E-state index is -0.565. The van der Waals surface area contributed by atoms with Crippen molar-refractivity contribution < 1.29 is 14.3 Å². The van der Waals surface area contributed by atoms with Gasteiger partial charge in [-0.05, 0) is 6.92 Å². The molecule has 0 unspecified atom stereocenters. The third-order valence-electron chi connectivity index (χ3n) is 2.79. The number of aryl methyl sites for hydroxylation is 2. The van der Waals surface area contributed by atoms with Crippen LogP contribution in [0.15, 0.2) is 18.6 Å². The first-order chi connectivity index (χ1) is 9.56. The first kappa shape index (κ1) is 13.8. The largest absolute Gasteiger partial charge is 0.464 e. The van der Waals surface area contributed by atoms with Crippen LogP contribution in [0.3, 0.4) is 0 Å². The summed E-state index contributed by atoms with van der Waals surface area (Å²) in [5.41, 5.74) is 0.892. The Morgan fingerprint density at radius 1 is 1.35 bits per heavy atom. The molecule has 0 bridgehead atoms. The van der Waals surface area contributed by atoms with Gasteiger partial charge in [0.1, 0.15) is 0 Å². The summed E-state index contributed by atoms with van der Waals surface area (Å²) in [6.45, 7) is 2.60. The summed E-state index contributed by atoms with van der Waals surface area (Å²) in [5, 5.41) is 10.6. The molecule has 0 aliphatic rings. The molecule has 0 aromatic carbocycles. The molecule has 0 fully saturated rings. The Balaban J connectivity index is 2.22. The number of hydrogen-bond donors (Lipinski definition) is 1. The number of methoxy groups -OCH3 is 1. The number of esters is 1. The van der Waals surface area contributed by atoms with E-state index in [4.69, 9.17) is 0 Å². The number of anilines is 1. The number of nitrogens with one attached hydrogen (secondary N) is 1. The molecule has 8 heteroatoms. The van der Waals surface area contributed by atoms with E-state index in [-0.39, 0.29) is 11.6 Å². The van der Waals surface area contributed by atoms with E-state index in [9.17, 15) is 9.59 Å². The van der Waals surface area contributed by atoms with Gasteiger partial charge in [0.15, 0.2) is 5.69 Å². The Bertz CT molecular complexity index is 643. The topological polar surface area (TPSA) is 91.0 Å². The summed E-state index contributed by atoms with van der Waals surface area (Å²) in [6.07, 6.45) is 4.49. The summed E-state index contributed by atoms with van der Waals surface area (Å²) in [6, 6.07) is 0. The molecule has 0 spiro atoms. The van der Waals surface area contributed by atoms with Gasteiger partial charge in [0.2, 0.25) is 0 Å². The number of aromatic nitrogens is 4. The van der Waals surface area contributed by atoms with Gasteiger partial charge in [-0.3, -0.25) is 14.2 Å². The van der Waals surface area contributed by atoms with Crippen LogP contribution in [0, 0.1) is 0 Å². The molecule has 0 saturated heterocycles. The van der Waals surface area contributed by atoms with Gasteiger partial charge < -0.3 is 10.1 Å². The molecule has 0 aliphatic heterocycles. The van der Waals surface area contributed by atoms with Crippen molar-refractivity contribution in [2.45, 2.75) is 13.5 Å². The zero-order valence-corrected chi connectivity index (χ0v) is 11.5. The first-order valence-corrected chi connectivity index (χ1v) is 6.01. The van der Waals surface area contributed by atoms with Crippen molar-refractivity contribution in [2.75, 3.05) is 12.4 Å². The third kappa shape index (κ3) is 2.53. The molecular formula is C12H15N5O3. The highest BCUT2D eigenvalue weighted by atomic mass is 16.5. The van der Waals surface area contributed by atoms with Gasteiger partial charge >= 0.3 is 5.97 Å². The van der Waals surface area contributed by atoms with Crippen molar-refractivity contribution in [3.63, 3.8) is 0 Å². The SMILES string of the molecule is CCn1cc(C(=O)Nc2cnn(C)c2C(=O)OC)cn1. The average Bonchev–Trinajstić information content (AvgIpc) is 3.05. The smallest absolute Gasteiger partial charge is 0.358 e. The van der Waals surface area contributed by atoms with Crippen LogP contribution in [-0.2, 0) is 18.3 Å². The Hall–Kier alpha value is -2.64. The number of rotatable bonds is 4. The molecule has 2 heterocycles. The number of carbonyl (C=O) groups is 2. The molecule has 8 nitrogen and oxygen atoms in total. The highest BCUT2D eigenvalue weighted by molar-refractivity contribution is 6.07. The fourth-order valence-electron chi connectivity index (χ4n) is 1.72. The number of carbonyl (C=O) groups excluding carboxylic acids is 2. The summed E-state index contributed by atoms with van der Waals surface area (Å²) < 4.78 is 7.64. The van der Waals surface area contributed by atoms with Gasteiger partial charge in [-0.25, -0.2) is 4.79 Å². The lowest BCUT2D eigenvalue weighted by Gasteiger charge is -2.05. The van der Waals surface area contributed by atoms with Gasteiger partial charge in [0.25, 0.3) is 5.91 Å². The van der Waals surface area contributed by atoms with E-state index in [1.165, 1.54) is 24.2 Å². The molecule has 2 aromatic heterocycles. The number of hydrogen-bond acceptors (Lipinski definition) is 5. The van der Waals surface area contributed by atoms with Crippen LogP contribution in [-0.4, -0.2) is 38.5 Å². The highest BCUT2D eigenvalue weighted by Gasteiger charge is 2.20. The lowest BCUT2D eigenvalue weighted by Crippen LogP contribution is -2.16. The lowest BCUT2D eigenvalue weighted by molar-refractivity contribution is 0.0589. The summed E-state index contributed by atoms with van der Waals surface area (Å²) in [7, 11) is 2.86. The van der Waals surface area contributed by atoms with E-state index < -0.39 is 5.97 Å². The molecule has 0 radical (unpaired) electrons. The minimum absolute atomic E-state index is 0.184. The molecule has 0 saturated carbocycles. The molecule has 0 atom stereocenters. The zero-order chi connectivity index (χ0) is 14.7. The van der Waals surface area contributed by atoms with Crippen LogP contribution >= 0.6 is 0 Å². The zero-order valence-electron chi connectivity index (χ0n) is 11.5. The Labute approximate surface area is 115 Å². The lowest BCUT2D eigenvalue weighted by atomic mass is 10.3. The molecule has 1 N–H and O–H groups in total. The summed E-state index contributed by atoms with van der Waals surface area (Å²) in [4.78, 5) is 23.7. The second-order valence-corrected chi connectivity index (χ2v) is 4.06. The van der Waals surface area contributed by atoms with Crippen molar-refractivity contribution in [2.24, 2.45) is 7.05 Å². The molecule has 2 rings (SSSR count). The van der Waals surface area contributed by atoms with Crippen LogP contribution in [0.2, 0.25) is 0 Å². The normalized spacial score (nSPS) is 10.3. The number of amides is 1. The van der Waals surface area contributed by atoms with Crippen LogP contribution in [0.5, 0.6) is 0 Å². The monoisotopic (exact) mass is 277 g/mol. The van der Waals surface area contributed by atoms with Crippen LogP contribution in [0.25, 0.3) is 0 Å². The average molecular weight is 277 g/mol. The van der Waals surface area contributed by atoms with E-state index >= 15 is 0 Å². The fourth-order valence-corrected chi connectivity index (χ4v) is 1.72. The molecular weight excluding hydrogens is 262 g/mol. The number of nitrogens with zero attached hydrogens (tertiary/aromatic N) is 4. The fraction of sp³-hybridized carbons (Fsp3) is 0.333. The van der Waals surface area contributed by atoms with Crippen molar-refractivity contribution in [3.05, 3.63) is 29.8 Å². The molecule has 2 aromatic rings. The maximum absolute atomic E-state index is 12.1. The van der Waals surface area contributed by atoms with Crippen LogP contribution in [0.4, 0.5) is 5.69 Å². The standard InChI is InChI=1S/C12H15N5O3/c1-4-17-7-8(5-14-17)11(18)15-9-6-13-16(2)10(9)12(19)20-3/h5-7H,4H2,1-3H3,(H,15,18). The quantitative estimate of drug-likeness (QED) is 0.830. The highest BCUT2D eigenvalue weighted by Crippen LogP contribution is 2.16. The maximum Gasteiger partial charge on any atom is 0.358 e. The van der Waals surface area contributed by atoms with E-state index in [0.717, 1.165) is 0 Å². The van der Waals surface area contributed by atoms with Crippen molar-refractivity contribution in [1.82, 2.24) is 19.6 Å². The van der Waals surface area contributed by atoms with E-state index in [2.05, 4.69) is 20.3 Å². The van der Waals surface area contributed by atoms with Crippen molar-refractivity contribution >= 4 is 17.6 Å². The van der Waals surface area contributed by atoms with E-state index in [1.54, 1.807) is 17.9 Å². The number of ether oxygens (including phenoxy) is 1. The molecule has 0 aliphatic carbocycles. The third-order valence-corrected chi connectivity index (χ3v) is 2.79. The van der Waals surface area contributed by atoms with E-state index in [1.807, 2.05) is 6.92 Å². The second kappa shape index (κ2) is 5.55. The van der Waals surface area contributed by atoms with Crippen molar-refractivity contribution in [1.29, 1.82) is 0 Å². The Morgan fingerprint density at radius 2 is 2.10 bits per heavy atom. The van der Waals surface area contributed by atoms with Gasteiger partial charge in [-0.15, -0.1) is 0 Å². The van der Waals surface area contributed by atoms with E-state index in [0.29, 0.717) is 17.8 Å². The summed E-state index contributed by atoms with van der Waals surface area (Å²) in [5.74, 6) is -0.924. The Kier molecular flexibility index (Phi) is 3.83. The molecule has 106 valence electrons. The van der Waals surface area contributed by atoms with Gasteiger partial charge in [-0.1, -0.05) is 0 Å². The van der Waals surface area contributed by atoms with Gasteiger partial charge in [-0.2, -0.15) is 10.2 Å². The molecule has 1 amide bonds. The first-order valence-electron chi connectivity index (χ1n) is 6.01. The van der Waals surface area contributed by atoms with Crippen LogP contribution < -0.4 is 5.32 Å². The second-order valence-electron chi connectivity index (χ2n) is 4.06. The predicted molar refractivity (Wildman–Crippen MR) is 70.4 cm³/mol. The Morgan fingerprint density at radius 3 is 2.70 bits per heavy atom. The molecule has 20 heavy (non-hydrogen) atoms. The van der Waals surface area contributed by atoms with Crippen molar-refractivity contribution in [3.8, 4) is 0 Å². The minimum Gasteiger partial charge on any atom is -0.464 e. The predicted octanol–water partition coefficient (Wildman–Crippen LogP) is 0.675. The van der Waals surface area contributed by atoms with Gasteiger partial charge in [0.05, 0.1) is 30.8 Å². The van der Waals surface area contributed by atoms with Crippen LogP contribution in [0.1, 0.15) is 27.8 Å². The maximum atomic E-state index is 12.1. The summed E-state index contributed by atoms with van der Waals surface area (Å²) >= 11 is 0. The van der Waals surface area contributed by atoms with Gasteiger partial charge in [0, 0.05) is 19.8 Å².